The standard InChI is InChI=1S/C17H25N3O3/c1-2-3-4-8-11-15(21)16-14(19-20-18)12-22-17(23-16)13-9-6-5-7-10-13/h5-7,9-10,14-17,21H,2-4,8,11-12H2,1H3/t14?,15-,16?,17?/m1/s1. The number of hydrogen-bond donors (Lipinski definition) is 1. The van der Waals surface area contributed by atoms with Crippen molar-refractivity contribution in [2.45, 2.75) is 63.6 Å². The number of ether oxygens (including phenoxy) is 2. The molecule has 6 nitrogen and oxygen atoms in total. The first kappa shape index (κ1) is 17.8. The monoisotopic (exact) mass is 319 g/mol. The number of nitrogens with zero attached hydrogens (tertiary/aromatic N) is 3. The molecule has 0 aliphatic carbocycles. The first-order chi connectivity index (χ1) is 11.3. The van der Waals surface area contributed by atoms with Gasteiger partial charge in [0.15, 0.2) is 6.29 Å². The van der Waals surface area contributed by atoms with Crippen LogP contribution in [0.25, 0.3) is 10.4 Å². The molecule has 0 saturated carbocycles. The Labute approximate surface area is 137 Å². The van der Waals surface area contributed by atoms with Gasteiger partial charge in [0.2, 0.25) is 0 Å². The lowest BCUT2D eigenvalue weighted by Gasteiger charge is -2.37. The van der Waals surface area contributed by atoms with Crippen molar-refractivity contribution < 1.29 is 14.6 Å². The third kappa shape index (κ3) is 5.22. The van der Waals surface area contributed by atoms with Gasteiger partial charge in [0.05, 0.1) is 24.9 Å². The number of aliphatic hydroxyl groups excluding tert-OH is 1. The largest absolute Gasteiger partial charge is 0.390 e. The Bertz CT molecular complexity index is 505. The van der Waals surface area contributed by atoms with Crippen molar-refractivity contribution in [3.05, 3.63) is 46.3 Å². The number of azide groups is 1. The van der Waals surface area contributed by atoms with E-state index in [1.54, 1.807) is 0 Å². The fourth-order valence-electron chi connectivity index (χ4n) is 2.80. The van der Waals surface area contributed by atoms with Crippen LogP contribution in [-0.2, 0) is 9.47 Å². The maximum absolute atomic E-state index is 10.5. The van der Waals surface area contributed by atoms with Gasteiger partial charge in [-0.2, -0.15) is 0 Å². The van der Waals surface area contributed by atoms with E-state index in [1.807, 2.05) is 30.3 Å². The Morgan fingerprint density at radius 2 is 2.09 bits per heavy atom. The van der Waals surface area contributed by atoms with Crippen molar-refractivity contribution >= 4 is 0 Å². The smallest absolute Gasteiger partial charge is 0.184 e. The fourth-order valence-corrected chi connectivity index (χ4v) is 2.80. The van der Waals surface area contributed by atoms with Crippen LogP contribution in [0.4, 0.5) is 0 Å². The Kier molecular flexibility index (Phi) is 7.36. The second kappa shape index (κ2) is 9.53. The summed E-state index contributed by atoms with van der Waals surface area (Å²) < 4.78 is 11.6. The van der Waals surface area contributed by atoms with Crippen LogP contribution in [0.15, 0.2) is 35.4 Å². The molecular weight excluding hydrogens is 294 g/mol. The molecule has 6 heteroatoms. The third-order valence-electron chi connectivity index (χ3n) is 4.08. The van der Waals surface area contributed by atoms with Gasteiger partial charge >= 0.3 is 0 Å². The van der Waals surface area contributed by atoms with Crippen LogP contribution in [0.5, 0.6) is 0 Å². The van der Waals surface area contributed by atoms with Gasteiger partial charge in [0, 0.05) is 10.5 Å². The minimum atomic E-state index is -0.655. The van der Waals surface area contributed by atoms with Crippen molar-refractivity contribution in [3.8, 4) is 0 Å². The van der Waals surface area contributed by atoms with Gasteiger partial charge in [-0.05, 0) is 12.0 Å². The molecule has 1 aromatic rings. The molecule has 1 aliphatic rings. The number of benzene rings is 1. The zero-order chi connectivity index (χ0) is 16.5. The van der Waals surface area contributed by atoms with Crippen LogP contribution >= 0.6 is 0 Å². The fraction of sp³-hybridized carbons (Fsp3) is 0.647. The van der Waals surface area contributed by atoms with Crippen molar-refractivity contribution in [2.24, 2.45) is 5.11 Å². The molecule has 2 rings (SSSR count). The van der Waals surface area contributed by atoms with Gasteiger partial charge < -0.3 is 14.6 Å². The summed E-state index contributed by atoms with van der Waals surface area (Å²) in [7, 11) is 0. The van der Waals surface area contributed by atoms with Crippen LogP contribution in [0.3, 0.4) is 0 Å². The molecule has 0 amide bonds. The maximum Gasteiger partial charge on any atom is 0.184 e. The van der Waals surface area contributed by atoms with E-state index in [-0.39, 0.29) is 6.61 Å². The number of rotatable bonds is 8. The lowest BCUT2D eigenvalue weighted by atomic mass is 9.99. The van der Waals surface area contributed by atoms with E-state index in [4.69, 9.17) is 15.0 Å². The molecule has 3 unspecified atom stereocenters. The zero-order valence-corrected chi connectivity index (χ0v) is 13.5. The topological polar surface area (TPSA) is 87.5 Å². The van der Waals surface area contributed by atoms with E-state index in [1.165, 1.54) is 0 Å². The molecule has 0 radical (unpaired) electrons. The molecule has 0 spiro atoms. The molecule has 23 heavy (non-hydrogen) atoms. The molecule has 4 atom stereocenters. The predicted octanol–water partition coefficient (Wildman–Crippen LogP) is 4.11. The quantitative estimate of drug-likeness (QED) is 0.338. The highest BCUT2D eigenvalue weighted by molar-refractivity contribution is 5.16. The van der Waals surface area contributed by atoms with Crippen molar-refractivity contribution in [1.82, 2.24) is 0 Å². The Morgan fingerprint density at radius 3 is 2.78 bits per heavy atom. The average Bonchev–Trinajstić information content (AvgIpc) is 2.60. The molecule has 1 heterocycles. The molecule has 1 aromatic carbocycles. The Hall–Kier alpha value is -1.59. The van der Waals surface area contributed by atoms with E-state index in [9.17, 15) is 5.11 Å². The summed E-state index contributed by atoms with van der Waals surface area (Å²) in [4.78, 5) is 2.85. The Balaban J connectivity index is 2.00. The van der Waals surface area contributed by atoms with Gasteiger partial charge in [-0.15, -0.1) is 0 Å². The molecule has 0 aromatic heterocycles. The molecule has 126 valence electrons. The lowest BCUT2D eigenvalue weighted by Crippen LogP contribution is -2.46. The minimum Gasteiger partial charge on any atom is -0.390 e. The van der Waals surface area contributed by atoms with Gasteiger partial charge in [-0.25, -0.2) is 0 Å². The number of unbranched alkanes of at least 4 members (excludes halogenated alkanes) is 3. The summed E-state index contributed by atoms with van der Waals surface area (Å²) in [6, 6.07) is 9.10. The van der Waals surface area contributed by atoms with Crippen LogP contribution in [-0.4, -0.2) is 30.0 Å². The van der Waals surface area contributed by atoms with Crippen molar-refractivity contribution in [2.75, 3.05) is 6.61 Å². The van der Waals surface area contributed by atoms with Gasteiger partial charge in [-0.3, -0.25) is 0 Å². The highest BCUT2D eigenvalue weighted by atomic mass is 16.7. The number of hydrogen-bond acceptors (Lipinski definition) is 4. The second-order valence-corrected chi connectivity index (χ2v) is 5.87. The predicted molar refractivity (Wildman–Crippen MR) is 87.7 cm³/mol. The van der Waals surface area contributed by atoms with Crippen molar-refractivity contribution in [1.29, 1.82) is 0 Å². The van der Waals surface area contributed by atoms with E-state index < -0.39 is 24.5 Å². The minimum absolute atomic E-state index is 0.250. The second-order valence-electron chi connectivity index (χ2n) is 5.87. The summed E-state index contributed by atoms with van der Waals surface area (Å²) in [6.45, 7) is 2.40. The molecule has 1 fully saturated rings. The summed E-state index contributed by atoms with van der Waals surface area (Å²) in [6.07, 6.45) is 3.26. The zero-order valence-electron chi connectivity index (χ0n) is 13.5. The average molecular weight is 319 g/mol. The summed E-state index contributed by atoms with van der Waals surface area (Å²) in [5, 5.41) is 14.2. The van der Waals surface area contributed by atoms with Crippen LogP contribution in [0.1, 0.15) is 50.9 Å². The van der Waals surface area contributed by atoms with Crippen LogP contribution < -0.4 is 0 Å². The van der Waals surface area contributed by atoms with E-state index in [0.717, 1.165) is 31.2 Å². The molecule has 1 saturated heterocycles. The lowest BCUT2D eigenvalue weighted by molar-refractivity contribution is -0.245. The maximum atomic E-state index is 10.5. The van der Waals surface area contributed by atoms with Crippen LogP contribution in [0.2, 0.25) is 0 Å². The van der Waals surface area contributed by atoms with Gasteiger partial charge in [0.25, 0.3) is 0 Å². The summed E-state index contributed by atoms with van der Waals surface area (Å²) in [5.41, 5.74) is 9.61. The third-order valence-corrected chi connectivity index (χ3v) is 4.08. The molecule has 1 N–H and O–H groups in total. The highest BCUT2D eigenvalue weighted by Gasteiger charge is 2.36. The number of aliphatic hydroxyl groups is 1. The molecule has 1 aliphatic heterocycles. The molecular formula is C17H25N3O3. The highest BCUT2D eigenvalue weighted by Crippen LogP contribution is 2.30. The van der Waals surface area contributed by atoms with E-state index >= 15 is 0 Å². The van der Waals surface area contributed by atoms with Gasteiger partial charge in [0.1, 0.15) is 0 Å². The molecule has 0 bridgehead atoms. The normalized spacial score (nSPS) is 25.6. The first-order valence-electron chi connectivity index (χ1n) is 8.30. The van der Waals surface area contributed by atoms with E-state index in [2.05, 4.69) is 16.9 Å². The van der Waals surface area contributed by atoms with E-state index in [0.29, 0.717) is 6.42 Å². The summed E-state index contributed by atoms with van der Waals surface area (Å²) in [5.74, 6) is 0. The summed E-state index contributed by atoms with van der Waals surface area (Å²) >= 11 is 0. The van der Waals surface area contributed by atoms with Gasteiger partial charge in [-0.1, -0.05) is 68.1 Å². The van der Waals surface area contributed by atoms with Crippen LogP contribution in [0, 0.1) is 0 Å². The Morgan fingerprint density at radius 1 is 1.30 bits per heavy atom. The first-order valence-corrected chi connectivity index (χ1v) is 8.30. The SMILES string of the molecule is CCCCCC[C@@H](O)C1OC(c2ccccc2)OCC1N=[N+]=[N-]. The van der Waals surface area contributed by atoms with Crippen molar-refractivity contribution in [3.63, 3.8) is 0 Å².